The average Bonchev–Trinajstić information content (AvgIpc) is 3.05. The van der Waals surface area contributed by atoms with Crippen molar-refractivity contribution in [3.8, 4) is 0 Å². The van der Waals surface area contributed by atoms with Gasteiger partial charge in [0.05, 0.1) is 6.10 Å². The van der Waals surface area contributed by atoms with Crippen LogP contribution in [-0.4, -0.2) is 38.5 Å². The molecule has 6 nitrogen and oxygen atoms in total. The summed E-state index contributed by atoms with van der Waals surface area (Å²) in [6.45, 7) is 5.50. The highest BCUT2D eigenvalue weighted by atomic mass is 16.3. The molecule has 1 amide bonds. The van der Waals surface area contributed by atoms with Gasteiger partial charge in [0.25, 0.3) is 5.91 Å². The predicted molar refractivity (Wildman–Crippen MR) is 85.4 cm³/mol. The zero-order valence-corrected chi connectivity index (χ0v) is 12.8. The van der Waals surface area contributed by atoms with Gasteiger partial charge in [0, 0.05) is 18.4 Å². The molecule has 0 saturated heterocycles. The molecule has 118 valence electrons. The molecule has 1 aromatic heterocycles. The van der Waals surface area contributed by atoms with Gasteiger partial charge in [-0.3, -0.25) is 9.36 Å². The summed E-state index contributed by atoms with van der Waals surface area (Å²) in [6, 6.07) is 0.0986. The van der Waals surface area contributed by atoms with Crippen molar-refractivity contribution < 1.29 is 9.90 Å². The third-order valence-electron chi connectivity index (χ3n) is 3.72. The van der Waals surface area contributed by atoms with E-state index in [-0.39, 0.29) is 18.1 Å². The first-order chi connectivity index (χ1) is 10.6. The van der Waals surface area contributed by atoms with Gasteiger partial charge in [0.1, 0.15) is 17.9 Å². The van der Waals surface area contributed by atoms with Crippen molar-refractivity contribution in [1.29, 1.82) is 0 Å². The Morgan fingerprint density at radius 3 is 2.73 bits per heavy atom. The smallest absolute Gasteiger partial charge is 0.269 e. The lowest BCUT2D eigenvalue weighted by Crippen LogP contribution is -2.39. The first-order valence-corrected chi connectivity index (χ1v) is 7.48. The number of allylic oxidation sites excluding steroid dienone is 2. The lowest BCUT2D eigenvalue weighted by molar-refractivity contribution is -0.118. The molecule has 1 fully saturated rings. The van der Waals surface area contributed by atoms with Crippen molar-refractivity contribution >= 4 is 11.7 Å². The van der Waals surface area contributed by atoms with Crippen LogP contribution >= 0.6 is 0 Å². The molecule has 0 radical (unpaired) electrons. The summed E-state index contributed by atoms with van der Waals surface area (Å²) in [6.07, 6.45) is 11.1. The van der Waals surface area contributed by atoms with Gasteiger partial charge >= 0.3 is 0 Å². The maximum Gasteiger partial charge on any atom is 0.269 e. The maximum absolute atomic E-state index is 12.3. The number of aliphatic imine (C=N–C) groups is 1. The van der Waals surface area contributed by atoms with Crippen LogP contribution in [0.25, 0.3) is 0 Å². The Bertz CT molecular complexity index is 567. The number of carbonyl (C=O) groups is 1. The van der Waals surface area contributed by atoms with E-state index >= 15 is 0 Å². The summed E-state index contributed by atoms with van der Waals surface area (Å²) < 4.78 is 1.70. The highest BCUT2D eigenvalue weighted by molar-refractivity contribution is 6.01. The average molecular weight is 302 g/mol. The molecule has 1 aromatic rings. The molecule has 1 saturated carbocycles. The highest BCUT2D eigenvalue weighted by Crippen LogP contribution is 2.18. The molecule has 1 aliphatic carbocycles. The second-order valence-electron chi connectivity index (χ2n) is 5.30. The molecule has 0 spiro atoms. The number of rotatable bonds is 4. The van der Waals surface area contributed by atoms with Crippen LogP contribution in [0.1, 0.15) is 32.6 Å². The summed E-state index contributed by atoms with van der Waals surface area (Å²) in [5.41, 5.74) is 0.342. The van der Waals surface area contributed by atoms with Gasteiger partial charge in [-0.2, -0.15) is 0 Å². The molecule has 0 bridgehead atoms. The third kappa shape index (κ3) is 4.14. The number of carbonyl (C=O) groups excluding carboxylic acids is 1. The number of amides is 1. The largest absolute Gasteiger partial charge is 0.393 e. The normalized spacial score (nSPS) is 23.2. The fraction of sp³-hybridized carbons (Fsp3) is 0.438. The lowest BCUT2D eigenvalue weighted by Gasteiger charge is -2.26. The van der Waals surface area contributed by atoms with E-state index in [2.05, 4.69) is 21.9 Å². The zero-order chi connectivity index (χ0) is 15.9. The van der Waals surface area contributed by atoms with E-state index in [9.17, 15) is 9.90 Å². The molecule has 1 heterocycles. The van der Waals surface area contributed by atoms with Crippen LogP contribution in [0.2, 0.25) is 0 Å². The van der Waals surface area contributed by atoms with Crippen molar-refractivity contribution in [2.24, 2.45) is 4.99 Å². The van der Waals surface area contributed by atoms with Crippen LogP contribution < -0.4 is 5.32 Å². The number of hydrogen-bond acceptors (Lipinski definition) is 4. The van der Waals surface area contributed by atoms with Crippen LogP contribution in [-0.2, 0) is 4.79 Å². The molecule has 2 rings (SSSR count). The minimum Gasteiger partial charge on any atom is -0.393 e. The molecule has 0 aliphatic heterocycles. The molecule has 6 heteroatoms. The van der Waals surface area contributed by atoms with E-state index in [1.807, 2.05) is 0 Å². The van der Waals surface area contributed by atoms with Crippen LogP contribution in [0.3, 0.4) is 0 Å². The molecule has 1 aliphatic rings. The SMILES string of the molecule is C=CC(=N/C(=C\C)C(=O)NC1CCC(O)CC1)n1ccnc1. The first kappa shape index (κ1) is 16.2. The Morgan fingerprint density at radius 2 is 2.18 bits per heavy atom. The van der Waals surface area contributed by atoms with Crippen molar-refractivity contribution in [1.82, 2.24) is 14.9 Å². The van der Waals surface area contributed by atoms with Crippen LogP contribution in [0.5, 0.6) is 0 Å². The van der Waals surface area contributed by atoms with Crippen LogP contribution in [0.4, 0.5) is 0 Å². The van der Waals surface area contributed by atoms with Gasteiger partial charge in [-0.25, -0.2) is 9.98 Å². The molecule has 0 aromatic carbocycles. The van der Waals surface area contributed by atoms with Crippen molar-refractivity contribution in [2.75, 3.05) is 0 Å². The van der Waals surface area contributed by atoms with Gasteiger partial charge in [0.2, 0.25) is 0 Å². The van der Waals surface area contributed by atoms with Gasteiger partial charge in [0.15, 0.2) is 0 Å². The van der Waals surface area contributed by atoms with Crippen molar-refractivity contribution in [3.05, 3.63) is 43.1 Å². The lowest BCUT2D eigenvalue weighted by atomic mass is 9.93. The van der Waals surface area contributed by atoms with Crippen LogP contribution in [0.15, 0.2) is 48.1 Å². The van der Waals surface area contributed by atoms with E-state index in [4.69, 9.17) is 0 Å². The molecule has 2 N–H and O–H groups in total. The summed E-state index contributed by atoms with van der Waals surface area (Å²) in [5.74, 6) is 0.336. The monoisotopic (exact) mass is 302 g/mol. The molecule has 0 unspecified atom stereocenters. The highest BCUT2D eigenvalue weighted by Gasteiger charge is 2.21. The van der Waals surface area contributed by atoms with E-state index in [1.54, 1.807) is 42.4 Å². The van der Waals surface area contributed by atoms with Crippen molar-refractivity contribution in [2.45, 2.75) is 44.8 Å². The number of imidazole rings is 1. The predicted octanol–water partition coefficient (Wildman–Crippen LogP) is 1.64. The summed E-state index contributed by atoms with van der Waals surface area (Å²) in [4.78, 5) is 20.7. The van der Waals surface area contributed by atoms with E-state index in [0.717, 1.165) is 25.7 Å². The fourth-order valence-electron chi connectivity index (χ4n) is 2.45. The molecular formula is C16H22N4O2. The standard InChI is InChI=1S/C16H22N4O2/c1-3-14(19-15(4-2)20-10-9-17-11-20)16(22)18-12-5-7-13(21)8-6-12/h3-4,9-13,21H,2,5-8H2,1H3,(H,18,22)/b14-3-,19-15?. The van der Waals surface area contributed by atoms with Gasteiger partial charge < -0.3 is 10.4 Å². The number of aromatic nitrogens is 2. The number of hydrogen-bond donors (Lipinski definition) is 2. The molecular weight excluding hydrogens is 280 g/mol. The number of nitrogens with zero attached hydrogens (tertiary/aromatic N) is 3. The summed E-state index contributed by atoms with van der Waals surface area (Å²) in [5, 5.41) is 12.5. The Morgan fingerprint density at radius 1 is 1.45 bits per heavy atom. The van der Waals surface area contributed by atoms with E-state index in [1.165, 1.54) is 0 Å². The Hall–Kier alpha value is -2.21. The maximum atomic E-state index is 12.3. The number of aliphatic hydroxyl groups excluding tert-OH is 1. The minimum atomic E-state index is -0.235. The summed E-state index contributed by atoms with van der Waals surface area (Å²) >= 11 is 0. The topological polar surface area (TPSA) is 79.5 Å². The Labute approximate surface area is 130 Å². The zero-order valence-electron chi connectivity index (χ0n) is 12.8. The minimum absolute atomic E-state index is 0.0986. The molecule has 0 atom stereocenters. The first-order valence-electron chi connectivity index (χ1n) is 7.48. The number of nitrogens with one attached hydrogen (secondary N) is 1. The van der Waals surface area contributed by atoms with Crippen LogP contribution in [0, 0.1) is 0 Å². The van der Waals surface area contributed by atoms with E-state index in [0.29, 0.717) is 11.5 Å². The second-order valence-corrected chi connectivity index (χ2v) is 5.30. The summed E-state index contributed by atoms with van der Waals surface area (Å²) in [7, 11) is 0. The quantitative estimate of drug-likeness (QED) is 0.504. The fourth-order valence-corrected chi connectivity index (χ4v) is 2.45. The Kier molecular flexibility index (Phi) is 5.66. The van der Waals surface area contributed by atoms with Gasteiger partial charge in [-0.15, -0.1) is 0 Å². The van der Waals surface area contributed by atoms with Gasteiger partial charge in [-0.05, 0) is 38.7 Å². The third-order valence-corrected chi connectivity index (χ3v) is 3.72. The van der Waals surface area contributed by atoms with Crippen molar-refractivity contribution in [3.63, 3.8) is 0 Å². The second kappa shape index (κ2) is 7.70. The Balaban J connectivity index is 2.04. The van der Waals surface area contributed by atoms with Gasteiger partial charge in [-0.1, -0.05) is 12.7 Å². The number of aliphatic hydroxyl groups is 1. The van der Waals surface area contributed by atoms with E-state index < -0.39 is 0 Å². The molecule has 22 heavy (non-hydrogen) atoms.